The van der Waals surface area contributed by atoms with Gasteiger partial charge in [-0.05, 0) is 16.5 Å². The van der Waals surface area contributed by atoms with Gasteiger partial charge in [-0.25, -0.2) is 9.97 Å². The molecule has 0 aliphatic heterocycles. The van der Waals surface area contributed by atoms with E-state index in [-0.39, 0.29) is 5.41 Å². The van der Waals surface area contributed by atoms with E-state index >= 15 is 0 Å². The summed E-state index contributed by atoms with van der Waals surface area (Å²) in [4.78, 5) is 8.08. The largest absolute Gasteiger partial charge is 0.244 e. The molecule has 1 aromatic heterocycles. The molecule has 0 atom stereocenters. The predicted octanol–water partition coefficient (Wildman–Crippen LogP) is 3.44. The fraction of sp³-hybridized carbons (Fsp3) is 0.286. The van der Waals surface area contributed by atoms with E-state index < -0.39 is 0 Å². The van der Waals surface area contributed by atoms with Crippen LogP contribution in [0.15, 0.2) is 43.0 Å². The first-order chi connectivity index (χ1) is 7.57. The highest BCUT2D eigenvalue weighted by molar-refractivity contribution is 5.62. The first-order valence-corrected chi connectivity index (χ1v) is 5.43. The average molecular weight is 212 g/mol. The van der Waals surface area contributed by atoms with Crippen LogP contribution in [0.3, 0.4) is 0 Å². The second kappa shape index (κ2) is 4.05. The molecule has 0 amide bonds. The van der Waals surface area contributed by atoms with E-state index in [9.17, 15) is 0 Å². The Kier molecular flexibility index (Phi) is 2.73. The van der Waals surface area contributed by atoms with Gasteiger partial charge in [-0.1, -0.05) is 45.0 Å². The monoisotopic (exact) mass is 212 g/mol. The summed E-state index contributed by atoms with van der Waals surface area (Å²) in [5, 5.41) is 0. The summed E-state index contributed by atoms with van der Waals surface area (Å²) in [6.45, 7) is 6.65. The summed E-state index contributed by atoms with van der Waals surface area (Å²) in [5.41, 5.74) is 3.74. The van der Waals surface area contributed by atoms with Gasteiger partial charge in [-0.15, -0.1) is 0 Å². The standard InChI is InChI=1S/C14H16N2/c1-14(2,3)13-6-4-5-11(7-13)12-8-15-10-16-9-12/h4-10H,1-3H3. The minimum atomic E-state index is 0.172. The first kappa shape index (κ1) is 10.8. The Morgan fingerprint density at radius 2 is 1.62 bits per heavy atom. The maximum absolute atomic E-state index is 4.04. The van der Waals surface area contributed by atoms with E-state index in [1.165, 1.54) is 11.1 Å². The van der Waals surface area contributed by atoms with Gasteiger partial charge in [0.05, 0.1) is 0 Å². The smallest absolute Gasteiger partial charge is 0.115 e. The topological polar surface area (TPSA) is 25.8 Å². The van der Waals surface area contributed by atoms with Crippen LogP contribution in [0, 0.1) is 0 Å². The van der Waals surface area contributed by atoms with Crippen molar-refractivity contribution in [2.75, 3.05) is 0 Å². The van der Waals surface area contributed by atoms with Crippen LogP contribution in [-0.2, 0) is 5.41 Å². The maximum atomic E-state index is 4.04. The van der Waals surface area contributed by atoms with Crippen molar-refractivity contribution in [2.45, 2.75) is 26.2 Å². The molecule has 0 aliphatic carbocycles. The lowest BCUT2D eigenvalue weighted by Crippen LogP contribution is -2.10. The fourth-order valence-electron chi connectivity index (χ4n) is 1.61. The summed E-state index contributed by atoms with van der Waals surface area (Å²) in [6.07, 6.45) is 5.24. The van der Waals surface area contributed by atoms with Gasteiger partial charge >= 0.3 is 0 Å². The zero-order valence-corrected chi connectivity index (χ0v) is 9.94. The van der Waals surface area contributed by atoms with Crippen molar-refractivity contribution in [1.29, 1.82) is 0 Å². The second-order valence-corrected chi connectivity index (χ2v) is 4.96. The Bertz CT molecular complexity index is 470. The molecule has 2 aromatic rings. The molecule has 0 N–H and O–H groups in total. The fourth-order valence-corrected chi connectivity index (χ4v) is 1.61. The first-order valence-electron chi connectivity index (χ1n) is 5.43. The Hall–Kier alpha value is -1.70. The van der Waals surface area contributed by atoms with Gasteiger partial charge in [0.15, 0.2) is 0 Å². The number of hydrogen-bond acceptors (Lipinski definition) is 2. The van der Waals surface area contributed by atoms with E-state index in [0.717, 1.165) is 5.56 Å². The van der Waals surface area contributed by atoms with Crippen LogP contribution in [-0.4, -0.2) is 9.97 Å². The summed E-state index contributed by atoms with van der Waals surface area (Å²) in [7, 11) is 0. The van der Waals surface area contributed by atoms with Gasteiger partial charge in [0, 0.05) is 18.0 Å². The van der Waals surface area contributed by atoms with Gasteiger partial charge in [-0.3, -0.25) is 0 Å². The zero-order valence-electron chi connectivity index (χ0n) is 9.94. The molecule has 0 aliphatic rings. The minimum Gasteiger partial charge on any atom is -0.244 e. The molecule has 1 heterocycles. The highest BCUT2D eigenvalue weighted by atomic mass is 14.8. The van der Waals surface area contributed by atoms with Gasteiger partial charge in [-0.2, -0.15) is 0 Å². The van der Waals surface area contributed by atoms with Gasteiger partial charge in [0.2, 0.25) is 0 Å². The van der Waals surface area contributed by atoms with Crippen molar-refractivity contribution in [1.82, 2.24) is 9.97 Å². The van der Waals surface area contributed by atoms with E-state index in [2.05, 4.69) is 55.0 Å². The molecule has 2 nitrogen and oxygen atoms in total. The molecule has 0 bridgehead atoms. The molecule has 0 radical (unpaired) electrons. The number of rotatable bonds is 1. The number of nitrogens with zero attached hydrogens (tertiary/aromatic N) is 2. The predicted molar refractivity (Wildman–Crippen MR) is 66.2 cm³/mol. The Balaban J connectivity index is 2.45. The molecular formula is C14H16N2. The molecule has 0 unspecified atom stereocenters. The number of benzene rings is 1. The molecular weight excluding hydrogens is 196 g/mol. The zero-order chi connectivity index (χ0) is 11.6. The van der Waals surface area contributed by atoms with Gasteiger partial charge in [0.25, 0.3) is 0 Å². The Labute approximate surface area is 96.4 Å². The van der Waals surface area contributed by atoms with Crippen LogP contribution in [0.1, 0.15) is 26.3 Å². The van der Waals surface area contributed by atoms with Crippen molar-refractivity contribution < 1.29 is 0 Å². The summed E-state index contributed by atoms with van der Waals surface area (Å²) in [5.74, 6) is 0. The molecule has 0 saturated heterocycles. The van der Waals surface area contributed by atoms with Crippen LogP contribution in [0.4, 0.5) is 0 Å². The number of hydrogen-bond donors (Lipinski definition) is 0. The van der Waals surface area contributed by atoms with Crippen molar-refractivity contribution in [2.24, 2.45) is 0 Å². The lowest BCUT2D eigenvalue weighted by Gasteiger charge is -2.19. The minimum absolute atomic E-state index is 0.172. The highest BCUT2D eigenvalue weighted by Gasteiger charge is 2.13. The highest BCUT2D eigenvalue weighted by Crippen LogP contribution is 2.26. The SMILES string of the molecule is CC(C)(C)c1cccc(-c2cncnc2)c1. The third kappa shape index (κ3) is 2.27. The summed E-state index contributed by atoms with van der Waals surface area (Å²) < 4.78 is 0. The van der Waals surface area contributed by atoms with E-state index in [0.29, 0.717) is 0 Å². The average Bonchev–Trinajstić information content (AvgIpc) is 2.29. The number of aromatic nitrogens is 2. The second-order valence-electron chi connectivity index (χ2n) is 4.96. The lowest BCUT2D eigenvalue weighted by atomic mass is 9.86. The van der Waals surface area contributed by atoms with Crippen LogP contribution in [0.5, 0.6) is 0 Å². The van der Waals surface area contributed by atoms with E-state index in [1.54, 1.807) is 6.33 Å². The Morgan fingerprint density at radius 1 is 0.938 bits per heavy atom. The molecule has 0 spiro atoms. The van der Waals surface area contributed by atoms with E-state index in [4.69, 9.17) is 0 Å². The summed E-state index contributed by atoms with van der Waals surface area (Å²) >= 11 is 0. The Morgan fingerprint density at radius 3 is 2.25 bits per heavy atom. The van der Waals surface area contributed by atoms with Crippen LogP contribution in [0.2, 0.25) is 0 Å². The molecule has 16 heavy (non-hydrogen) atoms. The normalized spacial score (nSPS) is 11.4. The van der Waals surface area contributed by atoms with Crippen LogP contribution < -0.4 is 0 Å². The molecule has 2 heteroatoms. The molecule has 82 valence electrons. The van der Waals surface area contributed by atoms with E-state index in [1.807, 2.05) is 12.4 Å². The maximum Gasteiger partial charge on any atom is 0.115 e. The lowest BCUT2D eigenvalue weighted by molar-refractivity contribution is 0.590. The summed E-state index contributed by atoms with van der Waals surface area (Å²) in [6, 6.07) is 8.54. The van der Waals surface area contributed by atoms with Crippen LogP contribution >= 0.6 is 0 Å². The quantitative estimate of drug-likeness (QED) is 0.723. The van der Waals surface area contributed by atoms with Crippen LogP contribution in [0.25, 0.3) is 11.1 Å². The van der Waals surface area contributed by atoms with Crippen molar-refractivity contribution in [3.8, 4) is 11.1 Å². The third-order valence-electron chi connectivity index (χ3n) is 2.62. The molecule has 2 rings (SSSR count). The van der Waals surface area contributed by atoms with Crippen molar-refractivity contribution in [3.05, 3.63) is 48.5 Å². The van der Waals surface area contributed by atoms with Crippen molar-refractivity contribution >= 4 is 0 Å². The van der Waals surface area contributed by atoms with Gasteiger partial charge < -0.3 is 0 Å². The molecule has 1 aromatic carbocycles. The molecule has 0 fully saturated rings. The van der Waals surface area contributed by atoms with Gasteiger partial charge in [0.1, 0.15) is 6.33 Å². The third-order valence-corrected chi connectivity index (χ3v) is 2.62. The molecule has 0 saturated carbocycles. The van der Waals surface area contributed by atoms with Crippen molar-refractivity contribution in [3.63, 3.8) is 0 Å².